The normalized spacial score (nSPS) is 12.4. The molecule has 0 aliphatic rings. The summed E-state index contributed by atoms with van der Waals surface area (Å²) in [6.07, 6.45) is 3.65. The van der Waals surface area contributed by atoms with E-state index in [2.05, 4.69) is 72.9 Å². The fourth-order valence-electron chi connectivity index (χ4n) is 5.34. The molecule has 0 unspecified atom stereocenters. The van der Waals surface area contributed by atoms with Gasteiger partial charge in [0.25, 0.3) is 0 Å². The third-order valence-corrected chi connectivity index (χ3v) is 13.6. The molecule has 0 N–H and O–H groups in total. The number of rotatable bonds is 6. The van der Waals surface area contributed by atoms with Crippen LogP contribution < -0.4 is 0 Å². The Bertz CT molecular complexity index is 1000. The Morgan fingerprint density at radius 3 is 1.93 bits per heavy atom. The summed E-state index contributed by atoms with van der Waals surface area (Å²) < 4.78 is 31.1. The van der Waals surface area contributed by atoms with Crippen molar-refractivity contribution in [2.24, 2.45) is 0 Å². The number of hydrogen-bond donors (Lipinski definition) is 0. The van der Waals surface area contributed by atoms with Gasteiger partial charge in [-0.25, -0.2) is 9.37 Å². The molecule has 0 saturated heterocycles. The van der Waals surface area contributed by atoms with E-state index in [0.29, 0.717) is 16.6 Å². The second-order valence-electron chi connectivity index (χ2n) is 8.80. The van der Waals surface area contributed by atoms with Crippen LogP contribution in [0.1, 0.15) is 41.5 Å². The fraction of sp³-hybridized carbons (Fsp3) is 0.375. The van der Waals surface area contributed by atoms with Gasteiger partial charge in [-0.15, -0.1) is 0 Å². The van der Waals surface area contributed by atoms with E-state index in [9.17, 15) is 8.78 Å². The maximum atomic E-state index is 14.0. The van der Waals surface area contributed by atoms with Crippen molar-refractivity contribution in [1.29, 1.82) is 0 Å². The molecule has 0 amide bonds. The molecule has 2 aromatic heterocycles. The second kappa shape index (κ2) is 8.75. The lowest BCUT2D eigenvalue weighted by Gasteiger charge is -2.45. The van der Waals surface area contributed by atoms with Crippen molar-refractivity contribution in [3.8, 4) is 22.4 Å². The van der Waals surface area contributed by atoms with E-state index in [4.69, 9.17) is 0 Å². The molecule has 0 spiro atoms. The lowest BCUT2D eigenvalue weighted by atomic mass is 10.0. The fourth-order valence-corrected chi connectivity index (χ4v) is 12.8. The molecule has 2 heterocycles. The molecule has 3 rings (SSSR count). The van der Waals surface area contributed by atoms with Gasteiger partial charge in [-0.1, -0.05) is 41.5 Å². The number of aromatic nitrogens is 2. The number of pyridine rings is 1. The molecule has 30 heavy (non-hydrogen) atoms. The molecule has 0 aliphatic heterocycles. The van der Waals surface area contributed by atoms with Crippen LogP contribution in [0.25, 0.3) is 22.4 Å². The molecule has 1 aromatic carbocycles. The summed E-state index contributed by atoms with van der Waals surface area (Å²) in [4.78, 5) is 3.72. The molecule has 0 bridgehead atoms. The van der Waals surface area contributed by atoms with Gasteiger partial charge in [0.1, 0.15) is 5.82 Å². The first kappa shape index (κ1) is 22.9. The third-order valence-electron chi connectivity index (χ3n) is 6.28. The van der Waals surface area contributed by atoms with Crippen LogP contribution in [0.15, 0.2) is 53.3 Å². The van der Waals surface area contributed by atoms with Crippen molar-refractivity contribution in [2.75, 3.05) is 0 Å². The molecule has 6 heteroatoms. The van der Waals surface area contributed by atoms with Crippen molar-refractivity contribution >= 4 is 24.2 Å². The van der Waals surface area contributed by atoms with Crippen LogP contribution in [0.4, 0.5) is 8.78 Å². The first-order valence-electron chi connectivity index (χ1n) is 10.4. The summed E-state index contributed by atoms with van der Waals surface area (Å²) in [7, 11) is -2.12. The second-order valence-corrected chi connectivity index (χ2v) is 15.4. The highest BCUT2D eigenvalue weighted by Crippen LogP contribution is 2.49. The number of hydrogen-bond acceptors (Lipinski definition) is 1. The van der Waals surface area contributed by atoms with E-state index in [1.807, 2.05) is 18.2 Å². The Hall–Kier alpha value is -1.79. The first-order valence-corrected chi connectivity index (χ1v) is 13.4. The van der Waals surface area contributed by atoms with Gasteiger partial charge in [0.15, 0.2) is 8.24 Å². The van der Waals surface area contributed by atoms with E-state index in [-0.39, 0.29) is 5.82 Å². The summed E-state index contributed by atoms with van der Waals surface area (Å²) in [5.74, 6) is -0.787. The molecule has 0 fully saturated rings. The predicted molar refractivity (Wildman–Crippen MR) is 127 cm³/mol. The van der Waals surface area contributed by atoms with Crippen LogP contribution in [0.5, 0.6) is 0 Å². The summed E-state index contributed by atoms with van der Waals surface area (Å²) in [6.45, 7) is 13.8. The Balaban J connectivity index is 2.45. The standard InChI is InChI=1S/C24H29BrF2N2Si/c1-15(2)30(16(3)4,17(5)6)29-14-21(25)23(19-11-12-28-22(27)13-19)24(29)18-7-9-20(26)10-8-18/h7-17H,1-6H3. The van der Waals surface area contributed by atoms with Crippen LogP contribution in [0.3, 0.4) is 0 Å². The highest BCUT2D eigenvalue weighted by molar-refractivity contribution is 9.10. The minimum atomic E-state index is -2.12. The van der Waals surface area contributed by atoms with Gasteiger partial charge in [0.2, 0.25) is 5.95 Å². The Morgan fingerprint density at radius 2 is 1.43 bits per heavy atom. The molecule has 3 aromatic rings. The van der Waals surface area contributed by atoms with Gasteiger partial charge in [-0.3, -0.25) is 0 Å². The zero-order valence-electron chi connectivity index (χ0n) is 18.4. The lowest BCUT2D eigenvalue weighted by molar-refractivity contribution is 0.584. The average Bonchev–Trinajstić information content (AvgIpc) is 2.99. The largest absolute Gasteiger partial charge is 0.372 e. The summed E-state index contributed by atoms with van der Waals surface area (Å²) in [6, 6.07) is 9.88. The number of benzene rings is 1. The molecule has 2 nitrogen and oxygen atoms in total. The van der Waals surface area contributed by atoms with Crippen molar-refractivity contribution in [3.05, 3.63) is 65.0 Å². The van der Waals surface area contributed by atoms with Crippen molar-refractivity contribution in [2.45, 2.75) is 58.2 Å². The number of nitrogens with zero attached hydrogens (tertiary/aromatic N) is 2. The minimum absolute atomic E-state index is 0.271. The molecular weight excluding hydrogens is 462 g/mol. The van der Waals surface area contributed by atoms with Gasteiger partial charge in [0, 0.05) is 34.2 Å². The van der Waals surface area contributed by atoms with Gasteiger partial charge >= 0.3 is 0 Å². The third kappa shape index (κ3) is 3.80. The molecular formula is C24H29BrF2N2Si. The molecule has 0 radical (unpaired) electrons. The summed E-state index contributed by atoms with van der Waals surface area (Å²) in [5, 5.41) is 0. The Labute approximate surface area is 187 Å². The van der Waals surface area contributed by atoms with Crippen molar-refractivity contribution < 1.29 is 8.78 Å². The van der Waals surface area contributed by atoms with Gasteiger partial charge in [-0.2, -0.15) is 4.39 Å². The van der Waals surface area contributed by atoms with E-state index < -0.39 is 14.2 Å². The molecule has 0 atom stereocenters. The topological polar surface area (TPSA) is 17.8 Å². The zero-order chi connectivity index (χ0) is 22.2. The highest BCUT2D eigenvalue weighted by atomic mass is 79.9. The smallest absolute Gasteiger partial charge is 0.213 e. The van der Waals surface area contributed by atoms with Crippen LogP contribution in [0, 0.1) is 11.8 Å². The maximum absolute atomic E-state index is 14.0. The summed E-state index contributed by atoms with van der Waals surface area (Å²) in [5.41, 5.74) is 5.02. The van der Waals surface area contributed by atoms with Crippen molar-refractivity contribution in [1.82, 2.24) is 9.22 Å². The predicted octanol–water partition coefficient (Wildman–Crippen LogP) is 8.28. The molecule has 160 valence electrons. The molecule has 0 aliphatic carbocycles. The zero-order valence-corrected chi connectivity index (χ0v) is 21.0. The van der Waals surface area contributed by atoms with E-state index in [1.165, 1.54) is 24.4 Å². The van der Waals surface area contributed by atoms with Gasteiger partial charge in [0.05, 0.1) is 0 Å². The first-order chi connectivity index (χ1) is 14.1. The van der Waals surface area contributed by atoms with E-state index >= 15 is 0 Å². The van der Waals surface area contributed by atoms with Crippen LogP contribution >= 0.6 is 15.9 Å². The molecule has 0 saturated carbocycles. The van der Waals surface area contributed by atoms with E-state index in [1.54, 1.807) is 0 Å². The van der Waals surface area contributed by atoms with Gasteiger partial charge < -0.3 is 4.23 Å². The van der Waals surface area contributed by atoms with E-state index in [0.717, 1.165) is 26.9 Å². The SMILES string of the molecule is CC(C)[Si](C(C)C)(C(C)C)n1cc(Br)c(-c2ccnc(F)c2)c1-c1ccc(F)cc1. The minimum Gasteiger partial charge on any atom is -0.372 e. The van der Waals surface area contributed by atoms with Crippen LogP contribution in [-0.4, -0.2) is 17.5 Å². The maximum Gasteiger partial charge on any atom is 0.213 e. The highest BCUT2D eigenvalue weighted by Gasteiger charge is 2.47. The number of halogens is 3. The Morgan fingerprint density at radius 1 is 0.867 bits per heavy atom. The quantitative estimate of drug-likeness (QED) is 0.251. The summed E-state index contributed by atoms with van der Waals surface area (Å²) >= 11 is 3.77. The monoisotopic (exact) mass is 490 g/mol. The Kier molecular flexibility index (Phi) is 6.68. The lowest BCUT2D eigenvalue weighted by Crippen LogP contribution is -2.52. The van der Waals surface area contributed by atoms with Crippen molar-refractivity contribution in [3.63, 3.8) is 0 Å². The average molecular weight is 491 g/mol. The van der Waals surface area contributed by atoms with Crippen LogP contribution in [0.2, 0.25) is 16.6 Å². The van der Waals surface area contributed by atoms with Crippen LogP contribution in [-0.2, 0) is 0 Å². The van der Waals surface area contributed by atoms with Gasteiger partial charge in [-0.05, 0) is 74.0 Å².